The molecule has 31 heavy (non-hydrogen) atoms. The van der Waals surface area contributed by atoms with E-state index in [1.807, 2.05) is 18.2 Å². The van der Waals surface area contributed by atoms with Crippen molar-refractivity contribution in [3.05, 3.63) is 29.8 Å². The summed E-state index contributed by atoms with van der Waals surface area (Å²) in [6.07, 6.45) is 15.2. The molecule has 0 N–H and O–H groups in total. The molecule has 3 nitrogen and oxygen atoms in total. The van der Waals surface area contributed by atoms with Gasteiger partial charge in [0.15, 0.2) is 0 Å². The maximum atomic E-state index is 13.9. The summed E-state index contributed by atoms with van der Waals surface area (Å²) in [5, 5.41) is 0. The van der Waals surface area contributed by atoms with Crippen LogP contribution in [0.25, 0.3) is 0 Å². The first-order valence-electron chi connectivity index (χ1n) is 12.9. The van der Waals surface area contributed by atoms with Gasteiger partial charge in [0.1, 0.15) is 0 Å². The van der Waals surface area contributed by atoms with Crippen molar-refractivity contribution in [3.8, 4) is 0 Å². The molecule has 0 unspecified atom stereocenters. The van der Waals surface area contributed by atoms with Gasteiger partial charge in [-0.1, -0.05) is 0 Å². The molecule has 0 aliphatic rings. The molecule has 0 heterocycles. The van der Waals surface area contributed by atoms with E-state index in [1.165, 1.54) is 0 Å². The van der Waals surface area contributed by atoms with E-state index in [2.05, 4.69) is 34.6 Å². The van der Waals surface area contributed by atoms with Crippen LogP contribution >= 0.6 is 6.83 Å². The normalized spacial score (nSPS) is 13.8. The van der Waals surface area contributed by atoms with E-state index >= 15 is 0 Å². The van der Waals surface area contributed by atoms with Crippen molar-refractivity contribution >= 4 is 16.9 Å². The molecule has 0 saturated carbocycles. The molecule has 0 aliphatic heterocycles. The zero-order valence-electron chi connectivity index (χ0n) is 21.0. The Kier molecular flexibility index (Phi) is 12.9. The molecule has 0 atom stereocenters. The zero-order valence-corrected chi connectivity index (χ0v) is 22.7. The maximum absolute atomic E-state index is 13.9. The van der Waals surface area contributed by atoms with Crippen molar-refractivity contribution in [1.29, 1.82) is 0 Å². The van der Waals surface area contributed by atoms with Gasteiger partial charge in [0, 0.05) is 0 Å². The standard InChI is InChI=1S/C26H49O3PS/c1-6-11-18-25-19-16-17-20-26(25)31(27,28)29-30(21-12-7-2,22-13-8-3,23-14-9-4)24-15-10-5/h16-17,19-20H,6-15,18,21-24H2,1-5H3. The van der Waals surface area contributed by atoms with Crippen LogP contribution in [0.2, 0.25) is 0 Å². The molecule has 1 rings (SSSR count). The molecular weight excluding hydrogens is 423 g/mol. The van der Waals surface area contributed by atoms with Gasteiger partial charge < -0.3 is 0 Å². The molecule has 0 bridgehead atoms. The minimum absolute atomic E-state index is 0.415. The predicted octanol–water partition coefficient (Wildman–Crippen LogP) is 8.40. The first-order chi connectivity index (χ1) is 14.8. The summed E-state index contributed by atoms with van der Waals surface area (Å²) in [6.45, 7) is 8.08. The van der Waals surface area contributed by atoms with Gasteiger partial charge in [-0.05, 0) is 0 Å². The van der Waals surface area contributed by atoms with Crippen molar-refractivity contribution in [1.82, 2.24) is 0 Å². The molecule has 0 radical (unpaired) electrons. The quantitative estimate of drug-likeness (QED) is 0.201. The molecule has 0 aliphatic carbocycles. The minimum atomic E-state index is -3.80. The summed E-state index contributed by atoms with van der Waals surface area (Å²) in [4.78, 5) is 0.415. The van der Waals surface area contributed by atoms with Crippen LogP contribution in [0.15, 0.2) is 29.2 Å². The Morgan fingerprint density at radius 1 is 0.677 bits per heavy atom. The number of aryl methyl sites for hydroxylation is 1. The number of unbranched alkanes of at least 4 members (excludes halogenated alkanes) is 5. The molecule has 0 aromatic heterocycles. The van der Waals surface area contributed by atoms with E-state index in [-0.39, 0.29) is 0 Å². The summed E-state index contributed by atoms with van der Waals surface area (Å²) < 4.78 is 34.5. The van der Waals surface area contributed by atoms with Crippen LogP contribution < -0.4 is 0 Å². The van der Waals surface area contributed by atoms with Gasteiger partial charge in [0.05, 0.1) is 0 Å². The van der Waals surface area contributed by atoms with E-state index in [4.69, 9.17) is 3.97 Å². The molecule has 0 amide bonds. The van der Waals surface area contributed by atoms with Crippen molar-refractivity contribution in [2.75, 3.05) is 24.6 Å². The molecule has 0 spiro atoms. The fourth-order valence-electron chi connectivity index (χ4n) is 4.69. The van der Waals surface area contributed by atoms with Crippen LogP contribution in [0.3, 0.4) is 0 Å². The van der Waals surface area contributed by atoms with E-state index in [9.17, 15) is 8.42 Å². The zero-order chi connectivity index (χ0) is 23.2. The van der Waals surface area contributed by atoms with Crippen molar-refractivity contribution < 1.29 is 12.4 Å². The van der Waals surface area contributed by atoms with Gasteiger partial charge in [0.2, 0.25) is 0 Å². The molecule has 0 fully saturated rings. The Morgan fingerprint density at radius 3 is 1.52 bits per heavy atom. The molecule has 1 aromatic carbocycles. The average molecular weight is 473 g/mol. The number of benzene rings is 1. The second-order valence-corrected chi connectivity index (χ2v) is 16.9. The molecule has 5 heteroatoms. The first-order valence-corrected chi connectivity index (χ1v) is 17.2. The summed E-state index contributed by atoms with van der Waals surface area (Å²) in [5.74, 6) is 0. The molecule has 182 valence electrons. The van der Waals surface area contributed by atoms with Crippen molar-refractivity contribution in [3.63, 3.8) is 0 Å². The Balaban J connectivity index is 3.55. The summed E-state index contributed by atoms with van der Waals surface area (Å²) in [7, 11) is -3.80. The fraction of sp³-hybridized carbons (Fsp3) is 0.769. The monoisotopic (exact) mass is 472 g/mol. The van der Waals surface area contributed by atoms with E-state index in [0.29, 0.717) is 4.90 Å². The van der Waals surface area contributed by atoms with Gasteiger partial charge in [-0.15, -0.1) is 0 Å². The molecule has 1 aromatic rings. The average Bonchev–Trinajstić information content (AvgIpc) is 2.78. The van der Waals surface area contributed by atoms with Gasteiger partial charge in [-0.2, -0.15) is 0 Å². The van der Waals surface area contributed by atoms with Crippen LogP contribution in [-0.2, 0) is 20.5 Å². The Labute approximate surface area is 193 Å². The van der Waals surface area contributed by atoms with Gasteiger partial charge in [-0.3, -0.25) is 0 Å². The van der Waals surface area contributed by atoms with Gasteiger partial charge in [0.25, 0.3) is 0 Å². The van der Waals surface area contributed by atoms with Gasteiger partial charge >= 0.3 is 194 Å². The van der Waals surface area contributed by atoms with Crippen molar-refractivity contribution in [2.45, 2.75) is 110 Å². The predicted molar refractivity (Wildman–Crippen MR) is 139 cm³/mol. The van der Waals surface area contributed by atoms with Crippen LogP contribution in [0, 0.1) is 0 Å². The topological polar surface area (TPSA) is 43.4 Å². The number of hydrogen-bond acceptors (Lipinski definition) is 3. The van der Waals surface area contributed by atoms with Crippen LogP contribution in [0.1, 0.15) is 104 Å². The van der Waals surface area contributed by atoms with Crippen molar-refractivity contribution in [2.24, 2.45) is 0 Å². The Hall–Kier alpha value is -0.440. The molecule has 0 saturated heterocycles. The number of rotatable bonds is 18. The third-order valence-corrected chi connectivity index (χ3v) is 15.9. The first kappa shape index (κ1) is 28.6. The number of hydrogen-bond donors (Lipinski definition) is 0. The second kappa shape index (κ2) is 14.0. The van der Waals surface area contributed by atoms with Crippen LogP contribution in [-0.4, -0.2) is 33.1 Å². The molecular formula is C26H49O3PS. The third-order valence-electron chi connectivity index (χ3n) is 6.66. The van der Waals surface area contributed by atoms with E-state index in [1.54, 1.807) is 6.07 Å². The van der Waals surface area contributed by atoms with E-state index < -0.39 is 16.9 Å². The third kappa shape index (κ3) is 8.45. The van der Waals surface area contributed by atoms with Crippen LogP contribution in [0.4, 0.5) is 0 Å². The van der Waals surface area contributed by atoms with Crippen LogP contribution in [0.5, 0.6) is 0 Å². The second-order valence-electron chi connectivity index (χ2n) is 9.41. The van der Waals surface area contributed by atoms with Gasteiger partial charge in [-0.25, -0.2) is 0 Å². The summed E-state index contributed by atoms with van der Waals surface area (Å²) >= 11 is 0. The Bertz CT molecular complexity index is 686. The summed E-state index contributed by atoms with van der Waals surface area (Å²) in [5.41, 5.74) is 0.915. The van der Waals surface area contributed by atoms with E-state index in [0.717, 1.165) is 101 Å². The summed E-state index contributed by atoms with van der Waals surface area (Å²) in [6, 6.07) is 7.53. The SMILES string of the molecule is CCCCc1ccccc1S(=O)(=O)OP(CCCC)(CCCC)(CCCC)CCCC. The fourth-order valence-corrected chi connectivity index (χ4v) is 15.0. The Morgan fingerprint density at radius 2 is 1.10 bits per heavy atom.